The molecule has 1 amide bonds. The van der Waals surface area contributed by atoms with E-state index in [0.29, 0.717) is 12.1 Å². The molecule has 3 heterocycles. The van der Waals surface area contributed by atoms with Crippen LogP contribution in [0.3, 0.4) is 0 Å². The predicted molar refractivity (Wildman–Crippen MR) is 106 cm³/mol. The highest BCUT2D eigenvalue weighted by atomic mass is 16.5. The lowest BCUT2D eigenvalue weighted by molar-refractivity contribution is 0.0953. The molecule has 0 aliphatic carbocycles. The molecule has 1 aliphatic rings. The van der Waals surface area contributed by atoms with Crippen LogP contribution in [-0.2, 0) is 11.2 Å². The third kappa shape index (κ3) is 4.28. The molecule has 6 nitrogen and oxygen atoms in total. The second-order valence-electron chi connectivity index (χ2n) is 6.81. The zero-order valence-electron chi connectivity index (χ0n) is 15.2. The number of aromatic amines is 1. The second kappa shape index (κ2) is 8.22. The Morgan fingerprint density at radius 1 is 1.26 bits per heavy atom. The highest BCUT2D eigenvalue weighted by Gasteiger charge is 2.15. The summed E-state index contributed by atoms with van der Waals surface area (Å²) in [5, 5.41) is 7.43. The Morgan fingerprint density at radius 3 is 3.00 bits per heavy atom. The zero-order chi connectivity index (χ0) is 18.5. The van der Waals surface area contributed by atoms with E-state index in [-0.39, 0.29) is 12.0 Å². The number of H-pyrrole nitrogens is 1. The standard InChI is InChI=1S/C21H24N4O2/c26-21(22-10-9-15-12-23-19-6-2-1-5-18(15)19)16-7-8-20(24-13-16)25-14-17-4-3-11-27-17/h1-2,5-8,12-13,17,23H,3-4,9-11,14H2,(H,22,26)(H,24,25). The first-order valence-corrected chi connectivity index (χ1v) is 9.44. The van der Waals surface area contributed by atoms with Gasteiger partial charge in [0, 0.05) is 43.0 Å². The smallest absolute Gasteiger partial charge is 0.252 e. The van der Waals surface area contributed by atoms with Gasteiger partial charge in [0.05, 0.1) is 11.7 Å². The molecule has 1 aromatic carbocycles. The normalized spacial score (nSPS) is 16.5. The number of hydrogen-bond donors (Lipinski definition) is 3. The van der Waals surface area contributed by atoms with E-state index >= 15 is 0 Å². The van der Waals surface area contributed by atoms with Crippen molar-refractivity contribution in [2.24, 2.45) is 0 Å². The summed E-state index contributed by atoms with van der Waals surface area (Å²) < 4.78 is 5.58. The minimum Gasteiger partial charge on any atom is -0.376 e. The molecule has 0 bridgehead atoms. The van der Waals surface area contributed by atoms with Crippen LogP contribution in [-0.4, -0.2) is 41.7 Å². The number of carbonyl (C=O) groups excluding carboxylic acids is 1. The van der Waals surface area contributed by atoms with Gasteiger partial charge >= 0.3 is 0 Å². The van der Waals surface area contributed by atoms with Crippen LogP contribution in [0, 0.1) is 0 Å². The fourth-order valence-corrected chi connectivity index (χ4v) is 3.41. The van der Waals surface area contributed by atoms with Crippen molar-refractivity contribution in [2.75, 3.05) is 25.0 Å². The lowest BCUT2D eigenvalue weighted by Gasteiger charge is -2.11. The lowest BCUT2D eigenvalue weighted by Crippen LogP contribution is -2.26. The summed E-state index contributed by atoms with van der Waals surface area (Å²) in [5.41, 5.74) is 2.89. The first-order chi connectivity index (χ1) is 13.3. The molecule has 0 radical (unpaired) electrons. The monoisotopic (exact) mass is 364 g/mol. The SMILES string of the molecule is O=C(NCCc1c[nH]c2ccccc12)c1ccc(NCC2CCCO2)nc1. The van der Waals surface area contributed by atoms with Gasteiger partial charge in [0.25, 0.3) is 5.91 Å². The van der Waals surface area contributed by atoms with Crippen LogP contribution >= 0.6 is 0 Å². The molecule has 0 saturated carbocycles. The van der Waals surface area contributed by atoms with Gasteiger partial charge in [-0.15, -0.1) is 0 Å². The number of para-hydroxylation sites is 1. The lowest BCUT2D eigenvalue weighted by atomic mass is 10.1. The molecule has 0 spiro atoms. The number of benzene rings is 1. The molecule has 3 N–H and O–H groups in total. The number of hydrogen-bond acceptors (Lipinski definition) is 4. The van der Waals surface area contributed by atoms with Gasteiger partial charge in [-0.1, -0.05) is 18.2 Å². The number of amides is 1. The Morgan fingerprint density at radius 2 is 2.19 bits per heavy atom. The molecule has 140 valence electrons. The van der Waals surface area contributed by atoms with Crippen molar-refractivity contribution in [3.8, 4) is 0 Å². The summed E-state index contributed by atoms with van der Waals surface area (Å²) in [4.78, 5) is 19.9. The van der Waals surface area contributed by atoms with Crippen molar-refractivity contribution in [2.45, 2.75) is 25.4 Å². The Kier molecular flexibility index (Phi) is 5.34. The van der Waals surface area contributed by atoms with Crippen molar-refractivity contribution in [1.82, 2.24) is 15.3 Å². The fraction of sp³-hybridized carbons (Fsp3) is 0.333. The third-order valence-electron chi connectivity index (χ3n) is 4.92. The summed E-state index contributed by atoms with van der Waals surface area (Å²) >= 11 is 0. The molecule has 1 unspecified atom stereocenters. The van der Waals surface area contributed by atoms with E-state index in [9.17, 15) is 4.79 Å². The van der Waals surface area contributed by atoms with E-state index in [4.69, 9.17) is 4.74 Å². The van der Waals surface area contributed by atoms with Crippen LogP contribution in [0.25, 0.3) is 10.9 Å². The molecule has 6 heteroatoms. The van der Waals surface area contributed by atoms with E-state index in [1.807, 2.05) is 24.4 Å². The average molecular weight is 364 g/mol. The zero-order valence-corrected chi connectivity index (χ0v) is 15.2. The molecular formula is C21H24N4O2. The highest BCUT2D eigenvalue weighted by molar-refractivity contribution is 5.94. The maximum absolute atomic E-state index is 12.3. The Bertz CT molecular complexity index is 898. The number of nitrogens with zero attached hydrogens (tertiary/aromatic N) is 1. The number of carbonyl (C=O) groups is 1. The third-order valence-corrected chi connectivity index (χ3v) is 4.92. The number of ether oxygens (including phenoxy) is 1. The number of pyridine rings is 1. The predicted octanol–water partition coefficient (Wildman–Crippen LogP) is 3.13. The van der Waals surface area contributed by atoms with E-state index < -0.39 is 0 Å². The van der Waals surface area contributed by atoms with Gasteiger partial charge in [-0.05, 0) is 43.0 Å². The van der Waals surface area contributed by atoms with Crippen molar-refractivity contribution in [3.05, 3.63) is 59.9 Å². The van der Waals surface area contributed by atoms with Crippen LogP contribution in [0.5, 0.6) is 0 Å². The number of nitrogens with one attached hydrogen (secondary N) is 3. The molecule has 2 aromatic heterocycles. The molecule has 4 rings (SSSR count). The van der Waals surface area contributed by atoms with Gasteiger partial charge in [0.2, 0.25) is 0 Å². The van der Waals surface area contributed by atoms with Crippen molar-refractivity contribution >= 4 is 22.6 Å². The van der Waals surface area contributed by atoms with Gasteiger partial charge in [-0.25, -0.2) is 4.98 Å². The van der Waals surface area contributed by atoms with E-state index in [2.05, 4.69) is 32.7 Å². The van der Waals surface area contributed by atoms with Crippen molar-refractivity contribution in [3.63, 3.8) is 0 Å². The Labute approximate surface area is 158 Å². The Hall–Kier alpha value is -2.86. The van der Waals surface area contributed by atoms with Crippen LogP contribution in [0.1, 0.15) is 28.8 Å². The van der Waals surface area contributed by atoms with Gasteiger partial charge in [0.1, 0.15) is 5.82 Å². The van der Waals surface area contributed by atoms with Crippen molar-refractivity contribution < 1.29 is 9.53 Å². The van der Waals surface area contributed by atoms with Crippen LogP contribution in [0.2, 0.25) is 0 Å². The van der Waals surface area contributed by atoms with Crippen LogP contribution in [0.4, 0.5) is 5.82 Å². The summed E-state index contributed by atoms with van der Waals surface area (Å²) in [7, 11) is 0. The first-order valence-electron chi connectivity index (χ1n) is 9.44. The van der Waals surface area contributed by atoms with E-state index in [1.54, 1.807) is 12.3 Å². The topological polar surface area (TPSA) is 79.0 Å². The van der Waals surface area contributed by atoms with Crippen LogP contribution in [0.15, 0.2) is 48.8 Å². The summed E-state index contributed by atoms with van der Waals surface area (Å²) in [6.07, 6.45) is 6.87. The van der Waals surface area contributed by atoms with Gasteiger partial charge in [-0.2, -0.15) is 0 Å². The minimum atomic E-state index is -0.104. The summed E-state index contributed by atoms with van der Waals surface area (Å²) in [5.74, 6) is 0.661. The molecule has 1 saturated heterocycles. The summed E-state index contributed by atoms with van der Waals surface area (Å²) in [6.45, 7) is 2.18. The van der Waals surface area contributed by atoms with E-state index in [1.165, 1.54) is 10.9 Å². The number of rotatable bonds is 7. The molecular weight excluding hydrogens is 340 g/mol. The van der Waals surface area contributed by atoms with E-state index in [0.717, 1.165) is 43.7 Å². The molecule has 1 atom stereocenters. The van der Waals surface area contributed by atoms with Gasteiger partial charge in [-0.3, -0.25) is 4.79 Å². The number of aromatic nitrogens is 2. The maximum Gasteiger partial charge on any atom is 0.252 e. The molecule has 3 aromatic rings. The van der Waals surface area contributed by atoms with Crippen LogP contribution < -0.4 is 10.6 Å². The van der Waals surface area contributed by atoms with Gasteiger partial charge < -0.3 is 20.4 Å². The highest BCUT2D eigenvalue weighted by Crippen LogP contribution is 2.18. The average Bonchev–Trinajstić information content (AvgIpc) is 3.37. The molecule has 1 aliphatic heterocycles. The number of fused-ring (bicyclic) bond motifs is 1. The number of anilines is 1. The quantitative estimate of drug-likeness (QED) is 0.602. The minimum absolute atomic E-state index is 0.104. The Balaban J connectivity index is 1.26. The maximum atomic E-state index is 12.3. The largest absolute Gasteiger partial charge is 0.376 e. The fourth-order valence-electron chi connectivity index (χ4n) is 3.41. The first kappa shape index (κ1) is 17.5. The van der Waals surface area contributed by atoms with Gasteiger partial charge in [0.15, 0.2) is 0 Å². The second-order valence-corrected chi connectivity index (χ2v) is 6.81. The van der Waals surface area contributed by atoms with Crippen molar-refractivity contribution in [1.29, 1.82) is 0 Å². The molecule has 27 heavy (non-hydrogen) atoms. The molecule has 1 fully saturated rings. The summed E-state index contributed by atoms with van der Waals surface area (Å²) in [6, 6.07) is 11.8.